The molecule has 0 saturated carbocycles. The van der Waals surface area contributed by atoms with Crippen LogP contribution in [0.4, 0.5) is 14.5 Å². The van der Waals surface area contributed by atoms with E-state index in [1.54, 1.807) is 11.8 Å². The minimum atomic E-state index is -0.664. The lowest BCUT2D eigenvalue weighted by atomic mass is 10.2. The highest BCUT2D eigenvalue weighted by Crippen LogP contribution is 2.15. The number of nitrogens with one attached hydrogen (secondary N) is 2. The summed E-state index contributed by atoms with van der Waals surface area (Å²) in [5.74, 6) is 0.540. The summed E-state index contributed by atoms with van der Waals surface area (Å²) in [5.41, 5.74) is 2.70. The van der Waals surface area contributed by atoms with Gasteiger partial charge in [-0.25, -0.2) is 8.78 Å². The molecule has 2 N–H and O–H groups in total. The number of hydrogen-bond acceptors (Lipinski definition) is 2. The molecular formula is C17H18F2N2S2. The average molecular weight is 352 g/mol. The number of halogens is 2. The first kappa shape index (κ1) is 17.7. The van der Waals surface area contributed by atoms with Crippen molar-refractivity contribution >= 4 is 34.8 Å². The van der Waals surface area contributed by atoms with Crippen LogP contribution in [0, 0.1) is 18.6 Å². The first-order valence-corrected chi connectivity index (χ1v) is 8.74. The molecule has 122 valence electrons. The van der Waals surface area contributed by atoms with E-state index in [-0.39, 0.29) is 5.69 Å². The van der Waals surface area contributed by atoms with Crippen LogP contribution in [-0.2, 0) is 5.75 Å². The average Bonchev–Trinajstić information content (AvgIpc) is 2.51. The van der Waals surface area contributed by atoms with Crippen molar-refractivity contribution in [3.05, 3.63) is 65.2 Å². The van der Waals surface area contributed by atoms with Gasteiger partial charge in [-0.1, -0.05) is 29.8 Å². The van der Waals surface area contributed by atoms with Crippen LogP contribution in [-0.4, -0.2) is 17.4 Å². The summed E-state index contributed by atoms with van der Waals surface area (Å²) in [5, 5.41) is 6.05. The first-order valence-electron chi connectivity index (χ1n) is 7.18. The number of aryl methyl sites for hydroxylation is 1. The van der Waals surface area contributed by atoms with Gasteiger partial charge in [0.2, 0.25) is 0 Å². The van der Waals surface area contributed by atoms with E-state index in [2.05, 4.69) is 41.8 Å². The first-order chi connectivity index (χ1) is 11.0. The Balaban J connectivity index is 1.65. The molecule has 6 heteroatoms. The Kier molecular flexibility index (Phi) is 6.80. The molecule has 0 saturated heterocycles. The van der Waals surface area contributed by atoms with Gasteiger partial charge in [-0.2, -0.15) is 11.8 Å². The third-order valence-corrected chi connectivity index (χ3v) is 4.38. The van der Waals surface area contributed by atoms with Crippen molar-refractivity contribution in [2.75, 3.05) is 17.6 Å². The highest BCUT2D eigenvalue weighted by Gasteiger charge is 2.05. The van der Waals surface area contributed by atoms with Gasteiger partial charge in [0.1, 0.15) is 11.6 Å². The maximum absolute atomic E-state index is 13.5. The summed E-state index contributed by atoms with van der Waals surface area (Å²) in [6, 6.07) is 11.8. The molecular weight excluding hydrogens is 334 g/mol. The highest BCUT2D eigenvalue weighted by molar-refractivity contribution is 7.98. The van der Waals surface area contributed by atoms with E-state index >= 15 is 0 Å². The minimum absolute atomic E-state index is 0.163. The van der Waals surface area contributed by atoms with E-state index in [1.165, 1.54) is 23.3 Å². The molecule has 0 unspecified atom stereocenters. The molecule has 0 spiro atoms. The number of rotatable bonds is 6. The zero-order chi connectivity index (χ0) is 16.7. The van der Waals surface area contributed by atoms with E-state index in [9.17, 15) is 8.78 Å². The van der Waals surface area contributed by atoms with Crippen molar-refractivity contribution in [2.24, 2.45) is 0 Å². The molecule has 2 aromatic carbocycles. The van der Waals surface area contributed by atoms with Gasteiger partial charge in [0, 0.05) is 24.1 Å². The molecule has 0 bridgehead atoms. The van der Waals surface area contributed by atoms with Crippen LogP contribution in [0.5, 0.6) is 0 Å². The van der Waals surface area contributed by atoms with Gasteiger partial charge in [-0.15, -0.1) is 0 Å². The van der Waals surface area contributed by atoms with Crippen LogP contribution >= 0.6 is 24.0 Å². The van der Waals surface area contributed by atoms with Gasteiger partial charge in [-0.05, 0) is 36.8 Å². The monoisotopic (exact) mass is 352 g/mol. The quantitative estimate of drug-likeness (QED) is 0.591. The topological polar surface area (TPSA) is 24.1 Å². The van der Waals surface area contributed by atoms with Crippen molar-refractivity contribution in [1.29, 1.82) is 0 Å². The van der Waals surface area contributed by atoms with E-state index in [0.29, 0.717) is 11.7 Å². The molecule has 0 amide bonds. The Bertz CT molecular complexity index is 660. The maximum Gasteiger partial charge on any atom is 0.170 e. The molecule has 0 aliphatic rings. The molecule has 2 rings (SSSR count). The SMILES string of the molecule is Cc1ccc(CSCCNC(=S)Nc2ccc(F)cc2F)cc1. The molecule has 2 nitrogen and oxygen atoms in total. The van der Waals surface area contributed by atoms with Gasteiger partial charge in [0.25, 0.3) is 0 Å². The van der Waals surface area contributed by atoms with Crippen LogP contribution in [0.3, 0.4) is 0 Å². The molecule has 0 heterocycles. The van der Waals surface area contributed by atoms with Crippen LogP contribution in [0.2, 0.25) is 0 Å². The third kappa shape index (κ3) is 6.15. The summed E-state index contributed by atoms with van der Waals surface area (Å²) >= 11 is 6.89. The second-order valence-electron chi connectivity index (χ2n) is 5.04. The standard InChI is InChI=1S/C17H18F2N2S2/c1-12-2-4-13(5-3-12)11-23-9-8-20-17(22)21-16-7-6-14(18)10-15(16)19/h2-7,10H,8-9,11H2,1H3,(H2,20,21,22). The lowest BCUT2D eigenvalue weighted by Gasteiger charge is -2.11. The van der Waals surface area contributed by atoms with E-state index in [4.69, 9.17) is 12.2 Å². The fraction of sp³-hybridized carbons (Fsp3) is 0.235. The van der Waals surface area contributed by atoms with Crippen molar-refractivity contribution in [2.45, 2.75) is 12.7 Å². The second-order valence-corrected chi connectivity index (χ2v) is 6.56. The zero-order valence-corrected chi connectivity index (χ0v) is 14.4. The minimum Gasteiger partial charge on any atom is -0.362 e. The number of thiocarbonyl (C=S) groups is 1. The van der Waals surface area contributed by atoms with Crippen molar-refractivity contribution < 1.29 is 8.78 Å². The largest absolute Gasteiger partial charge is 0.362 e. The normalized spacial score (nSPS) is 10.4. The molecule has 0 atom stereocenters. The van der Waals surface area contributed by atoms with Crippen LogP contribution < -0.4 is 10.6 Å². The van der Waals surface area contributed by atoms with Gasteiger partial charge in [0.05, 0.1) is 5.69 Å². The van der Waals surface area contributed by atoms with Gasteiger partial charge in [0.15, 0.2) is 5.11 Å². The number of hydrogen-bond donors (Lipinski definition) is 2. The summed E-state index contributed by atoms with van der Waals surface area (Å²) in [6.07, 6.45) is 0. The van der Waals surface area contributed by atoms with Crippen molar-refractivity contribution in [3.8, 4) is 0 Å². The van der Waals surface area contributed by atoms with Crippen molar-refractivity contribution in [3.63, 3.8) is 0 Å². The van der Waals surface area contributed by atoms with Crippen LogP contribution in [0.1, 0.15) is 11.1 Å². The van der Waals surface area contributed by atoms with E-state index < -0.39 is 11.6 Å². The van der Waals surface area contributed by atoms with E-state index in [1.807, 2.05) is 0 Å². The fourth-order valence-electron chi connectivity index (χ4n) is 1.87. The zero-order valence-electron chi connectivity index (χ0n) is 12.7. The molecule has 0 aliphatic carbocycles. The van der Waals surface area contributed by atoms with E-state index in [0.717, 1.165) is 17.6 Å². The lowest BCUT2D eigenvalue weighted by molar-refractivity contribution is 0.586. The summed E-state index contributed by atoms with van der Waals surface area (Å²) < 4.78 is 26.3. The third-order valence-electron chi connectivity index (χ3n) is 3.10. The maximum atomic E-state index is 13.5. The summed E-state index contributed by atoms with van der Waals surface area (Å²) in [7, 11) is 0. The molecule has 23 heavy (non-hydrogen) atoms. The van der Waals surface area contributed by atoms with Gasteiger partial charge < -0.3 is 10.6 Å². The smallest absolute Gasteiger partial charge is 0.170 e. The fourth-order valence-corrected chi connectivity index (χ4v) is 2.90. The van der Waals surface area contributed by atoms with Gasteiger partial charge >= 0.3 is 0 Å². The molecule has 0 fully saturated rings. The Hall–Kier alpha value is -1.66. The van der Waals surface area contributed by atoms with Gasteiger partial charge in [-0.3, -0.25) is 0 Å². The summed E-state index contributed by atoms with van der Waals surface area (Å²) in [4.78, 5) is 0. The predicted molar refractivity (Wildman–Crippen MR) is 97.9 cm³/mol. The molecule has 0 aromatic heterocycles. The Morgan fingerprint density at radius 2 is 1.87 bits per heavy atom. The Morgan fingerprint density at radius 1 is 1.13 bits per heavy atom. The summed E-state index contributed by atoms with van der Waals surface area (Å²) in [6.45, 7) is 2.74. The number of anilines is 1. The van der Waals surface area contributed by atoms with Crippen LogP contribution in [0.15, 0.2) is 42.5 Å². The number of benzene rings is 2. The predicted octanol–water partition coefficient (Wildman–Crippen LogP) is 4.49. The van der Waals surface area contributed by atoms with Crippen LogP contribution in [0.25, 0.3) is 0 Å². The molecule has 2 aromatic rings. The highest BCUT2D eigenvalue weighted by atomic mass is 32.2. The molecule has 0 aliphatic heterocycles. The lowest BCUT2D eigenvalue weighted by Crippen LogP contribution is -2.30. The molecule has 0 radical (unpaired) electrons. The Morgan fingerprint density at radius 3 is 2.57 bits per heavy atom. The second kappa shape index (κ2) is 8.84. The van der Waals surface area contributed by atoms with Crippen molar-refractivity contribution in [1.82, 2.24) is 5.32 Å². The number of thioether (sulfide) groups is 1. The Labute approximate surface area is 144 Å².